The normalized spacial score (nSPS) is 18.4. The maximum absolute atomic E-state index is 11.7. The lowest BCUT2D eigenvalue weighted by Crippen LogP contribution is -2.16. The Hall–Kier alpha value is -1.92. The van der Waals surface area contributed by atoms with Crippen LogP contribution in [0.15, 0.2) is 24.3 Å². The van der Waals surface area contributed by atoms with Crippen LogP contribution in [0.4, 0.5) is 0 Å². The van der Waals surface area contributed by atoms with Crippen LogP contribution in [-0.2, 0) is 18.9 Å². The Morgan fingerprint density at radius 1 is 0.600 bits per heavy atom. The van der Waals surface area contributed by atoms with E-state index in [1.165, 1.54) is 24.3 Å². The van der Waals surface area contributed by atoms with Crippen molar-refractivity contribution in [2.75, 3.05) is 39.6 Å². The predicted octanol–water partition coefficient (Wildman–Crippen LogP) is 1.05. The first-order chi connectivity index (χ1) is 9.77. The zero-order chi connectivity index (χ0) is 14.2. The van der Waals surface area contributed by atoms with Gasteiger partial charge in [-0.3, -0.25) is 0 Å². The molecule has 1 aromatic rings. The first kappa shape index (κ1) is 14.5. The van der Waals surface area contributed by atoms with E-state index in [4.69, 9.17) is 18.9 Å². The molecule has 0 aliphatic carbocycles. The van der Waals surface area contributed by atoms with Crippen LogP contribution in [0.25, 0.3) is 0 Å². The fraction of sp³-hybridized carbons (Fsp3) is 0.429. The highest BCUT2D eigenvalue weighted by Crippen LogP contribution is 2.07. The molecule has 3 rings (SSSR count). The van der Waals surface area contributed by atoms with Gasteiger partial charge in [0, 0.05) is 0 Å². The Morgan fingerprint density at radius 3 is 1.35 bits per heavy atom. The van der Waals surface area contributed by atoms with Crippen LogP contribution in [0.5, 0.6) is 0 Å². The van der Waals surface area contributed by atoms with Crippen molar-refractivity contribution in [1.29, 1.82) is 0 Å². The highest BCUT2D eigenvalue weighted by atomic mass is 16.6. The van der Waals surface area contributed by atoms with Crippen molar-refractivity contribution in [3.05, 3.63) is 35.4 Å². The molecule has 0 atom stereocenters. The van der Waals surface area contributed by atoms with Crippen molar-refractivity contribution in [3.8, 4) is 0 Å². The SMILES string of the molecule is O=C1OCCOCCOCCOC(=O)c2ccc1cc2. The van der Waals surface area contributed by atoms with Gasteiger partial charge in [-0.05, 0) is 24.3 Å². The topological polar surface area (TPSA) is 71.1 Å². The van der Waals surface area contributed by atoms with Crippen molar-refractivity contribution in [3.63, 3.8) is 0 Å². The van der Waals surface area contributed by atoms with Crippen molar-refractivity contribution in [2.45, 2.75) is 0 Å². The van der Waals surface area contributed by atoms with Gasteiger partial charge in [0.05, 0.1) is 37.6 Å². The predicted molar refractivity (Wildman–Crippen MR) is 68.6 cm³/mol. The molecule has 0 saturated carbocycles. The monoisotopic (exact) mass is 280 g/mol. The van der Waals surface area contributed by atoms with E-state index in [9.17, 15) is 9.59 Å². The largest absolute Gasteiger partial charge is 0.460 e. The summed E-state index contributed by atoms with van der Waals surface area (Å²) in [5.41, 5.74) is 0.772. The second-order valence-electron chi connectivity index (χ2n) is 4.07. The van der Waals surface area contributed by atoms with Gasteiger partial charge in [-0.1, -0.05) is 0 Å². The van der Waals surface area contributed by atoms with E-state index >= 15 is 0 Å². The minimum Gasteiger partial charge on any atom is -0.460 e. The molecule has 2 heterocycles. The number of hydrogen-bond donors (Lipinski definition) is 0. The van der Waals surface area contributed by atoms with Gasteiger partial charge in [0.1, 0.15) is 13.2 Å². The van der Waals surface area contributed by atoms with Crippen LogP contribution in [-0.4, -0.2) is 51.6 Å². The molecule has 1 aromatic carbocycles. The molecule has 0 fully saturated rings. The summed E-state index contributed by atoms with van der Waals surface area (Å²) in [6.07, 6.45) is 0. The summed E-state index contributed by atoms with van der Waals surface area (Å²) < 4.78 is 20.5. The molecular formula is C14H16O6. The van der Waals surface area contributed by atoms with Crippen LogP contribution < -0.4 is 0 Å². The number of ether oxygens (including phenoxy) is 4. The summed E-state index contributed by atoms with van der Waals surface area (Å²) in [4.78, 5) is 23.4. The van der Waals surface area contributed by atoms with E-state index in [0.717, 1.165) is 0 Å². The van der Waals surface area contributed by atoms with E-state index in [0.29, 0.717) is 37.6 Å². The molecule has 20 heavy (non-hydrogen) atoms. The summed E-state index contributed by atoms with van der Waals surface area (Å²) in [7, 11) is 0. The minimum atomic E-state index is -0.447. The van der Waals surface area contributed by atoms with E-state index in [1.807, 2.05) is 0 Å². The summed E-state index contributed by atoms with van der Waals surface area (Å²) in [5, 5.41) is 0. The van der Waals surface area contributed by atoms with Gasteiger partial charge in [0.25, 0.3) is 0 Å². The van der Waals surface area contributed by atoms with Crippen molar-refractivity contribution in [1.82, 2.24) is 0 Å². The standard InChI is InChI=1S/C14H16O6/c15-13-11-1-2-12(4-3-11)14(16)20-10-8-18-6-5-17-7-9-19-13/h1-4H,5-10H2. The third-order valence-corrected chi connectivity index (χ3v) is 2.65. The molecule has 0 radical (unpaired) electrons. The molecular weight excluding hydrogens is 264 g/mol. The molecule has 0 saturated heterocycles. The molecule has 6 heteroatoms. The highest BCUT2D eigenvalue weighted by Gasteiger charge is 2.11. The summed E-state index contributed by atoms with van der Waals surface area (Å²) >= 11 is 0. The number of benzene rings is 1. The third-order valence-electron chi connectivity index (χ3n) is 2.65. The van der Waals surface area contributed by atoms with Crippen molar-refractivity contribution in [2.24, 2.45) is 0 Å². The zero-order valence-corrected chi connectivity index (χ0v) is 11.0. The molecule has 0 spiro atoms. The number of carbonyl (C=O) groups is 2. The van der Waals surface area contributed by atoms with E-state index in [-0.39, 0.29) is 13.2 Å². The van der Waals surface area contributed by atoms with Gasteiger partial charge >= 0.3 is 11.9 Å². The van der Waals surface area contributed by atoms with Crippen LogP contribution in [0.1, 0.15) is 20.7 Å². The first-order valence-electron chi connectivity index (χ1n) is 6.37. The lowest BCUT2D eigenvalue weighted by molar-refractivity contribution is 0.00205. The Morgan fingerprint density at radius 2 is 0.950 bits per heavy atom. The number of esters is 2. The van der Waals surface area contributed by atoms with Gasteiger partial charge < -0.3 is 18.9 Å². The van der Waals surface area contributed by atoms with E-state index in [1.54, 1.807) is 0 Å². The van der Waals surface area contributed by atoms with Gasteiger partial charge in [-0.15, -0.1) is 0 Å². The molecule has 0 aromatic heterocycles. The number of hydrogen-bond acceptors (Lipinski definition) is 6. The quantitative estimate of drug-likeness (QED) is 0.522. The Balaban J connectivity index is 2.03. The zero-order valence-electron chi connectivity index (χ0n) is 11.0. The maximum Gasteiger partial charge on any atom is 0.338 e. The van der Waals surface area contributed by atoms with Gasteiger partial charge in [-0.2, -0.15) is 0 Å². The summed E-state index contributed by atoms with van der Waals surface area (Å²) in [5.74, 6) is -0.895. The lowest BCUT2D eigenvalue weighted by atomic mass is 10.1. The summed E-state index contributed by atoms with van der Waals surface area (Å²) in [6.45, 7) is 1.81. The Kier molecular flexibility index (Phi) is 5.52. The second kappa shape index (κ2) is 7.62. The lowest BCUT2D eigenvalue weighted by Gasteiger charge is -2.09. The molecule has 0 N–H and O–H groups in total. The first-order valence-corrected chi connectivity index (χ1v) is 6.37. The Labute approximate surface area is 116 Å². The average molecular weight is 280 g/mol. The number of rotatable bonds is 0. The molecule has 2 aliphatic rings. The third kappa shape index (κ3) is 4.32. The maximum atomic E-state index is 11.7. The van der Waals surface area contributed by atoms with E-state index < -0.39 is 11.9 Å². The molecule has 6 nitrogen and oxygen atoms in total. The average Bonchev–Trinajstić information content (AvgIpc) is 2.48. The molecule has 2 bridgehead atoms. The Bertz CT molecular complexity index is 410. The van der Waals surface area contributed by atoms with Crippen LogP contribution in [0.2, 0.25) is 0 Å². The highest BCUT2D eigenvalue weighted by molar-refractivity contribution is 5.93. The van der Waals surface area contributed by atoms with Crippen LogP contribution in [0, 0.1) is 0 Å². The molecule has 108 valence electrons. The summed E-state index contributed by atoms with van der Waals surface area (Å²) in [6, 6.07) is 6.12. The van der Waals surface area contributed by atoms with Gasteiger partial charge in [0.15, 0.2) is 0 Å². The second-order valence-corrected chi connectivity index (χ2v) is 4.07. The molecule has 0 unspecified atom stereocenters. The van der Waals surface area contributed by atoms with Gasteiger partial charge in [-0.25, -0.2) is 9.59 Å². The number of fused-ring (bicyclic) bond motifs is 13. The van der Waals surface area contributed by atoms with Crippen LogP contribution >= 0.6 is 0 Å². The smallest absolute Gasteiger partial charge is 0.338 e. The van der Waals surface area contributed by atoms with Crippen molar-refractivity contribution < 1.29 is 28.5 Å². The molecule has 2 aliphatic heterocycles. The fourth-order valence-electron chi connectivity index (χ4n) is 1.62. The van der Waals surface area contributed by atoms with Gasteiger partial charge in [0.2, 0.25) is 0 Å². The fourth-order valence-corrected chi connectivity index (χ4v) is 1.62. The minimum absolute atomic E-state index is 0.183. The molecule has 0 amide bonds. The van der Waals surface area contributed by atoms with Crippen LogP contribution in [0.3, 0.4) is 0 Å². The van der Waals surface area contributed by atoms with Crippen molar-refractivity contribution >= 4 is 11.9 Å². The number of carbonyl (C=O) groups excluding carboxylic acids is 2. The van der Waals surface area contributed by atoms with E-state index in [2.05, 4.69) is 0 Å².